The summed E-state index contributed by atoms with van der Waals surface area (Å²) >= 11 is 0. The lowest BCUT2D eigenvalue weighted by atomic mass is 10.1. The molecule has 0 aliphatic carbocycles. The summed E-state index contributed by atoms with van der Waals surface area (Å²) in [5.74, 6) is -2.25. The van der Waals surface area contributed by atoms with Crippen molar-refractivity contribution in [1.29, 1.82) is 0 Å². The topological polar surface area (TPSA) is 156 Å². The fraction of sp³-hybridized carbons (Fsp3) is 0.385. The summed E-state index contributed by atoms with van der Waals surface area (Å²) in [4.78, 5) is 29.9. The molecule has 12 heteroatoms. The van der Waals surface area contributed by atoms with Gasteiger partial charge in [-0.2, -0.15) is 13.2 Å². The maximum absolute atomic E-state index is 12.4. The quantitative estimate of drug-likeness (QED) is 0.454. The molecule has 0 heterocycles. The molecule has 0 aliphatic rings. The molecule has 1 aromatic rings. The molecule has 1 aromatic carbocycles. The molecule has 1 rings (SSSR count). The van der Waals surface area contributed by atoms with Gasteiger partial charge in [0.2, 0.25) is 0 Å². The zero-order valence-electron chi connectivity index (χ0n) is 13.1. The van der Waals surface area contributed by atoms with Crippen LogP contribution < -0.4 is 11.1 Å². The number of anilines is 1. The molecule has 0 saturated heterocycles. The van der Waals surface area contributed by atoms with E-state index in [1.807, 2.05) is 0 Å². The van der Waals surface area contributed by atoms with Gasteiger partial charge < -0.3 is 21.3 Å². The Morgan fingerprint density at radius 1 is 1.24 bits per heavy atom. The molecule has 0 saturated carbocycles. The predicted octanol–water partition coefficient (Wildman–Crippen LogP) is 1.92. The van der Waals surface area contributed by atoms with Crippen LogP contribution in [0.25, 0.3) is 0 Å². The summed E-state index contributed by atoms with van der Waals surface area (Å²) in [7, 11) is 0. The lowest BCUT2D eigenvalue weighted by Gasteiger charge is -2.12. The molecule has 0 amide bonds. The highest BCUT2D eigenvalue weighted by Gasteiger charge is 2.33. The Morgan fingerprint density at radius 3 is 2.04 bits per heavy atom. The maximum atomic E-state index is 12.4. The number of alkyl halides is 3. The number of nitro benzene ring substituents is 1. The Hall–Kier alpha value is -2.89. The van der Waals surface area contributed by atoms with E-state index >= 15 is 0 Å². The van der Waals surface area contributed by atoms with Crippen LogP contribution in [0.5, 0.6) is 0 Å². The van der Waals surface area contributed by atoms with Gasteiger partial charge in [-0.05, 0) is 26.0 Å². The Bertz CT molecular complexity index is 648. The van der Waals surface area contributed by atoms with Crippen molar-refractivity contribution in [2.24, 2.45) is 5.73 Å². The molecule has 25 heavy (non-hydrogen) atoms. The van der Waals surface area contributed by atoms with Gasteiger partial charge in [-0.1, -0.05) is 0 Å². The third kappa shape index (κ3) is 7.48. The Morgan fingerprint density at radius 2 is 1.72 bits per heavy atom. The van der Waals surface area contributed by atoms with Gasteiger partial charge in [0.05, 0.1) is 10.5 Å². The average molecular weight is 367 g/mol. The first-order chi connectivity index (χ1) is 11.3. The van der Waals surface area contributed by atoms with Gasteiger partial charge in [0.25, 0.3) is 5.69 Å². The van der Waals surface area contributed by atoms with Crippen molar-refractivity contribution in [3.63, 3.8) is 0 Å². The fourth-order valence-corrected chi connectivity index (χ4v) is 1.28. The molecule has 5 N–H and O–H groups in total. The minimum absolute atomic E-state index is 0.284. The molecule has 0 radical (unpaired) electrons. The first kappa shape index (κ1) is 22.1. The molecule has 140 valence electrons. The number of carbonyl (C=O) groups is 2. The zero-order chi connectivity index (χ0) is 19.9. The van der Waals surface area contributed by atoms with Crippen LogP contribution >= 0.6 is 0 Å². The van der Waals surface area contributed by atoms with Crippen molar-refractivity contribution < 1.29 is 37.9 Å². The normalized spacial score (nSPS) is 13.0. The molecular weight excluding hydrogens is 351 g/mol. The highest BCUT2D eigenvalue weighted by atomic mass is 19.4. The first-order valence-corrected chi connectivity index (χ1v) is 6.60. The van der Waals surface area contributed by atoms with E-state index in [9.17, 15) is 32.9 Å². The van der Waals surface area contributed by atoms with Gasteiger partial charge >= 0.3 is 18.1 Å². The van der Waals surface area contributed by atoms with Crippen LogP contribution in [0.3, 0.4) is 0 Å². The number of aliphatic carboxylic acids is 2. The molecule has 9 nitrogen and oxygen atoms in total. The van der Waals surface area contributed by atoms with E-state index in [0.717, 1.165) is 6.07 Å². The standard InChI is InChI=1S/C10H9F3N2O4.C3H7NO2/c1-5(9(16)17)14-7-3-2-6(10(11,12)13)4-8(7)15(18)19;1-2(4)3(5)6/h2-5,14H,1H3,(H,16,17);2H,4H2,1H3,(H,5,6)/t5-;2-/m00/s1. The summed E-state index contributed by atoms with van der Waals surface area (Å²) in [6.07, 6.45) is -4.71. The van der Waals surface area contributed by atoms with Crippen LogP contribution in [-0.4, -0.2) is 39.2 Å². The van der Waals surface area contributed by atoms with E-state index in [0.29, 0.717) is 12.1 Å². The summed E-state index contributed by atoms with van der Waals surface area (Å²) in [6.45, 7) is 2.63. The average Bonchev–Trinajstić information content (AvgIpc) is 2.46. The number of benzene rings is 1. The van der Waals surface area contributed by atoms with Crippen LogP contribution in [0.4, 0.5) is 24.5 Å². The van der Waals surface area contributed by atoms with Crippen molar-refractivity contribution in [2.75, 3.05) is 5.32 Å². The smallest absolute Gasteiger partial charge is 0.416 e. The lowest BCUT2D eigenvalue weighted by Crippen LogP contribution is -2.25. The van der Waals surface area contributed by atoms with Crippen LogP contribution in [0.1, 0.15) is 19.4 Å². The number of nitro groups is 1. The number of hydrogen-bond donors (Lipinski definition) is 4. The van der Waals surface area contributed by atoms with Gasteiger partial charge in [0, 0.05) is 6.07 Å². The van der Waals surface area contributed by atoms with Crippen molar-refractivity contribution in [3.05, 3.63) is 33.9 Å². The van der Waals surface area contributed by atoms with E-state index in [1.165, 1.54) is 13.8 Å². The second kappa shape index (κ2) is 8.82. The van der Waals surface area contributed by atoms with Crippen molar-refractivity contribution >= 4 is 23.3 Å². The lowest BCUT2D eigenvalue weighted by molar-refractivity contribution is -0.384. The molecular formula is C13H16F3N3O6. The summed E-state index contributed by atoms with van der Waals surface area (Å²) in [5.41, 5.74) is 2.55. The molecule has 0 bridgehead atoms. The Labute approximate surface area is 139 Å². The van der Waals surface area contributed by atoms with Gasteiger partial charge in [-0.25, -0.2) is 0 Å². The zero-order valence-corrected chi connectivity index (χ0v) is 13.1. The Balaban J connectivity index is 0.000000823. The van der Waals surface area contributed by atoms with Crippen molar-refractivity contribution in [3.8, 4) is 0 Å². The first-order valence-electron chi connectivity index (χ1n) is 6.60. The van der Waals surface area contributed by atoms with E-state index in [4.69, 9.17) is 15.9 Å². The number of nitrogens with zero attached hydrogens (tertiary/aromatic N) is 1. The number of nitrogens with two attached hydrogens (primary N) is 1. The monoisotopic (exact) mass is 367 g/mol. The van der Waals surface area contributed by atoms with E-state index in [2.05, 4.69) is 5.32 Å². The number of carboxylic acid groups (broad SMARTS) is 2. The second-order valence-electron chi connectivity index (χ2n) is 4.82. The second-order valence-corrected chi connectivity index (χ2v) is 4.82. The van der Waals surface area contributed by atoms with Gasteiger partial charge in [-0.3, -0.25) is 19.7 Å². The van der Waals surface area contributed by atoms with E-state index in [-0.39, 0.29) is 5.69 Å². The molecule has 0 spiro atoms. The van der Waals surface area contributed by atoms with Crippen LogP contribution in [0.15, 0.2) is 18.2 Å². The van der Waals surface area contributed by atoms with Crippen LogP contribution in [0.2, 0.25) is 0 Å². The van der Waals surface area contributed by atoms with E-state index in [1.54, 1.807) is 0 Å². The van der Waals surface area contributed by atoms with E-state index < -0.39 is 46.4 Å². The van der Waals surface area contributed by atoms with Crippen LogP contribution in [-0.2, 0) is 15.8 Å². The predicted molar refractivity (Wildman–Crippen MR) is 80.1 cm³/mol. The van der Waals surface area contributed by atoms with Crippen LogP contribution in [0, 0.1) is 10.1 Å². The summed E-state index contributed by atoms with van der Waals surface area (Å²) in [6, 6.07) is -0.0678. The van der Waals surface area contributed by atoms with Crippen molar-refractivity contribution in [1.82, 2.24) is 0 Å². The SMILES string of the molecule is C[C@H](N)C(=O)O.C[C@H](Nc1ccc(C(F)(F)F)cc1[N+](=O)[O-])C(=O)O. The molecule has 0 fully saturated rings. The van der Waals surface area contributed by atoms with Gasteiger partial charge in [0.1, 0.15) is 17.8 Å². The Kier molecular flexibility index (Phi) is 7.80. The number of halogens is 3. The highest BCUT2D eigenvalue weighted by Crippen LogP contribution is 2.35. The summed E-state index contributed by atoms with van der Waals surface area (Å²) < 4.78 is 37.2. The number of hydrogen-bond acceptors (Lipinski definition) is 6. The largest absolute Gasteiger partial charge is 0.480 e. The minimum atomic E-state index is -4.71. The molecule has 0 aromatic heterocycles. The van der Waals surface area contributed by atoms with Crippen molar-refractivity contribution in [2.45, 2.75) is 32.1 Å². The molecule has 2 atom stereocenters. The minimum Gasteiger partial charge on any atom is -0.480 e. The highest BCUT2D eigenvalue weighted by molar-refractivity contribution is 5.78. The third-order valence-electron chi connectivity index (χ3n) is 2.65. The molecule has 0 aliphatic heterocycles. The third-order valence-corrected chi connectivity index (χ3v) is 2.65. The summed E-state index contributed by atoms with van der Waals surface area (Å²) in [5, 5.41) is 29.5. The number of nitrogens with one attached hydrogen (secondary N) is 1. The van der Waals surface area contributed by atoms with Gasteiger partial charge in [0.15, 0.2) is 0 Å². The maximum Gasteiger partial charge on any atom is 0.416 e. The number of rotatable bonds is 5. The fourth-order valence-electron chi connectivity index (χ4n) is 1.28. The number of carboxylic acids is 2. The van der Waals surface area contributed by atoms with Gasteiger partial charge in [-0.15, -0.1) is 0 Å². The molecule has 0 unspecified atom stereocenters.